The van der Waals surface area contributed by atoms with E-state index in [1.54, 1.807) is 6.20 Å². The Labute approximate surface area is 92.3 Å². The van der Waals surface area contributed by atoms with Crippen molar-refractivity contribution in [2.24, 2.45) is 0 Å². The van der Waals surface area contributed by atoms with E-state index >= 15 is 0 Å². The molecule has 84 valence electrons. The molecule has 1 amide bonds. The molecule has 0 unspecified atom stereocenters. The average molecular weight is 220 g/mol. The van der Waals surface area contributed by atoms with Crippen LogP contribution in [0.2, 0.25) is 0 Å². The van der Waals surface area contributed by atoms with E-state index in [1.165, 1.54) is 17.7 Å². The van der Waals surface area contributed by atoms with E-state index in [4.69, 9.17) is 5.11 Å². The van der Waals surface area contributed by atoms with Crippen LogP contribution < -0.4 is 5.32 Å². The molecule has 0 spiro atoms. The fraction of sp³-hybridized carbons (Fsp3) is 0.500. The Morgan fingerprint density at radius 2 is 2.31 bits per heavy atom. The number of amides is 1. The molecule has 1 saturated carbocycles. The van der Waals surface area contributed by atoms with Crippen molar-refractivity contribution in [1.29, 1.82) is 0 Å². The molecular formula is C10H12N4O2. The molecule has 3 rings (SSSR count). The third-order valence-electron chi connectivity index (χ3n) is 2.84. The number of aromatic nitrogens is 2. The number of rotatable bonds is 2. The third kappa shape index (κ3) is 1.66. The van der Waals surface area contributed by atoms with Gasteiger partial charge in [-0.25, -0.2) is 14.8 Å². The molecule has 0 bridgehead atoms. The minimum absolute atomic E-state index is 0.368. The van der Waals surface area contributed by atoms with Gasteiger partial charge in [-0.15, -0.1) is 0 Å². The summed E-state index contributed by atoms with van der Waals surface area (Å²) >= 11 is 0. The summed E-state index contributed by atoms with van der Waals surface area (Å²) in [4.78, 5) is 20.7. The summed E-state index contributed by atoms with van der Waals surface area (Å²) in [5.74, 6) is 0.619. The summed E-state index contributed by atoms with van der Waals surface area (Å²) < 4.78 is 0. The highest BCUT2D eigenvalue weighted by Gasteiger charge is 2.26. The standard InChI is InChI=1S/C10H12N4O2/c15-10(16)14-4-6-3-11-9(12-7-1-2-7)13-8(6)5-14/h3,7H,1-2,4-5H2,(H,15,16)(H,11,12,13). The van der Waals surface area contributed by atoms with E-state index < -0.39 is 6.09 Å². The lowest BCUT2D eigenvalue weighted by molar-refractivity contribution is 0.145. The maximum atomic E-state index is 10.8. The van der Waals surface area contributed by atoms with Gasteiger partial charge in [0.15, 0.2) is 0 Å². The van der Waals surface area contributed by atoms with E-state index in [9.17, 15) is 4.79 Å². The molecule has 0 saturated heterocycles. The predicted octanol–water partition coefficient (Wildman–Crippen LogP) is 1.04. The first-order chi connectivity index (χ1) is 7.72. The van der Waals surface area contributed by atoms with Crippen LogP contribution in [-0.2, 0) is 13.1 Å². The van der Waals surface area contributed by atoms with Crippen LogP contribution in [0, 0.1) is 0 Å². The first-order valence-corrected chi connectivity index (χ1v) is 5.31. The van der Waals surface area contributed by atoms with Gasteiger partial charge in [-0.05, 0) is 12.8 Å². The highest BCUT2D eigenvalue weighted by atomic mass is 16.4. The lowest BCUT2D eigenvalue weighted by atomic mass is 10.3. The van der Waals surface area contributed by atoms with Crippen molar-refractivity contribution < 1.29 is 9.90 Å². The van der Waals surface area contributed by atoms with E-state index in [-0.39, 0.29) is 0 Å². The lowest BCUT2D eigenvalue weighted by Crippen LogP contribution is -2.22. The van der Waals surface area contributed by atoms with Crippen LogP contribution in [-0.4, -0.2) is 32.1 Å². The highest BCUT2D eigenvalue weighted by molar-refractivity contribution is 5.66. The van der Waals surface area contributed by atoms with E-state index in [0.29, 0.717) is 25.1 Å². The van der Waals surface area contributed by atoms with Crippen molar-refractivity contribution in [2.45, 2.75) is 32.0 Å². The molecule has 0 radical (unpaired) electrons. The molecule has 2 heterocycles. The van der Waals surface area contributed by atoms with Crippen molar-refractivity contribution in [3.8, 4) is 0 Å². The number of fused-ring (bicyclic) bond motifs is 1. The molecule has 16 heavy (non-hydrogen) atoms. The second-order valence-corrected chi connectivity index (χ2v) is 4.22. The molecule has 1 aromatic heterocycles. The average Bonchev–Trinajstić information content (AvgIpc) is 2.95. The van der Waals surface area contributed by atoms with Crippen LogP contribution in [0.4, 0.5) is 10.7 Å². The minimum atomic E-state index is -0.908. The number of hydrogen-bond donors (Lipinski definition) is 2. The Hall–Kier alpha value is -1.85. The molecule has 1 fully saturated rings. The second-order valence-electron chi connectivity index (χ2n) is 4.22. The zero-order chi connectivity index (χ0) is 11.1. The van der Waals surface area contributed by atoms with E-state index in [0.717, 1.165) is 11.3 Å². The maximum absolute atomic E-state index is 10.8. The number of hydrogen-bond acceptors (Lipinski definition) is 4. The minimum Gasteiger partial charge on any atom is -0.465 e. The Kier molecular flexibility index (Phi) is 1.95. The van der Waals surface area contributed by atoms with Crippen LogP contribution >= 0.6 is 0 Å². The molecular weight excluding hydrogens is 208 g/mol. The Morgan fingerprint density at radius 3 is 3.00 bits per heavy atom. The summed E-state index contributed by atoms with van der Waals surface area (Å²) in [6.07, 6.45) is 3.15. The van der Waals surface area contributed by atoms with Crippen LogP contribution in [0.25, 0.3) is 0 Å². The molecule has 1 aliphatic heterocycles. The maximum Gasteiger partial charge on any atom is 0.407 e. The highest BCUT2D eigenvalue weighted by Crippen LogP contribution is 2.25. The monoisotopic (exact) mass is 220 g/mol. The molecule has 0 aromatic carbocycles. The largest absolute Gasteiger partial charge is 0.465 e. The number of anilines is 1. The fourth-order valence-corrected chi connectivity index (χ4v) is 1.77. The van der Waals surface area contributed by atoms with Crippen molar-refractivity contribution in [3.63, 3.8) is 0 Å². The van der Waals surface area contributed by atoms with E-state index in [1.807, 2.05) is 0 Å². The summed E-state index contributed by atoms with van der Waals surface area (Å²) in [7, 11) is 0. The Morgan fingerprint density at radius 1 is 1.50 bits per heavy atom. The predicted molar refractivity (Wildman–Crippen MR) is 55.9 cm³/mol. The molecule has 1 aromatic rings. The number of carbonyl (C=O) groups is 1. The van der Waals surface area contributed by atoms with Crippen molar-refractivity contribution in [3.05, 3.63) is 17.5 Å². The number of nitrogens with one attached hydrogen (secondary N) is 1. The summed E-state index contributed by atoms with van der Waals surface area (Å²) in [5, 5.41) is 12.1. The number of carboxylic acid groups (broad SMARTS) is 1. The van der Waals surface area contributed by atoms with Gasteiger partial charge in [0.2, 0.25) is 5.95 Å². The zero-order valence-corrected chi connectivity index (χ0v) is 8.68. The summed E-state index contributed by atoms with van der Waals surface area (Å²) in [6.45, 7) is 0.765. The van der Waals surface area contributed by atoms with Gasteiger partial charge in [0.05, 0.1) is 18.8 Å². The molecule has 0 atom stereocenters. The molecule has 6 nitrogen and oxygen atoms in total. The Balaban J connectivity index is 1.79. The third-order valence-corrected chi connectivity index (χ3v) is 2.84. The summed E-state index contributed by atoms with van der Waals surface area (Å²) in [6, 6.07) is 0.509. The molecule has 1 aliphatic carbocycles. The zero-order valence-electron chi connectivity index (χ0n) is 8.68. The lowest BCUT2D eigenvalue weighted by Gasteiger charge is -2.07. The number of nitrogens with zero attached hydrogens (tertiary/aromatic N) is 3. The van der Waals surface area contributed by atoms with E-state index in [2.05, 4.69) is 15.3 Å². The topological polar surface area (TPSA) is 78.3 Å². The van der Waals surface area contributed by atoms with Gasteiger partial charge in [0.25, 0.3) is 0 Å². The quantitative estimate of drug-likeness (QED) is 0.778. The normalized spacial score (nSPS) is 18.4. The first kappa shape index (κ1) is 9.38. The summed E-state index contributed by atoms with van der Waals surface area (Å²) in [5.41, 5.74) is 1.73. The first-order valence-electron chi connectivity index (χ1n) is 5.31. The smallest absolute Gasteiger partial charge is 0.407 e. The second kappa shape index (κ2) is 3.33. The molecule has 6 heteroatoms. The van der Waals surface area contributed by atoms with Crippen LogP contribution in [0.3, 0.4) is 0 Å². The van der Waals surface area contributed by atoms with Crippen LogP contribution in [0.1, 0.15) is 24.1 Å². The van der Waals surface area contributed by atoms with Gasteiger partial charge in [-0.1, -0.05) is 0 Å². The van der Waals surface area contributed by atoms with Gasteiger partial charge < -0.3 is 10.4 Å². The van der Waals surface area contributed by atoms with Gasteiger partial charge in [0, 0.05) is 17.8 Å². The van der Waals surface area contributed by atoms with Crippen molar-refractivity contribution >= 4 is 12.0 Å². The molecule has 2 N–H and O–H groups in total. The van der Waals surface area contributed by atoms with Gasteiger partial charge in [-0.2, -0.15) is 0 Å². The van der Waals surface area contributed by atoms with Gasteiger partial charge >= 0.3 is 6.09 Å². The van der Waals surface area contributed by atoms with Crippen LogP contribution in [0.15, 0.2) is 6.20 Å². The van der Waals surface area contributed by atoms with Crippen LogP contribution in [0.5, 0.6) is 0 Å². The van der Waals surface area contributed by atoms with Gasteiger partial charge in [-0.3, -0.25) is 4.90 Å². The van der Waals surface area contributed by atoms with Crippen molar-refractivity contribution in [1.82, 2.24) is 14.9 Å². The fourth-order valence-electron chi connectivity index (χ4n) is 1.77. The SMILES string of the molecule is O=C(O)N1Cc2cnc(NC3CC3)nc2C1. The Bertz CT molecular complexity index is 444. The van der Waals surface area contributed by atoms with Crippen molar-refractivity contribution in [2.75, 3.05) is 5.32 Å². The van der Waals surface area contributed by atoms with Gasteiger partial charge in [0.1, 0.15) is 0 Å². The molecule has 2 aliphatic rings.